The molecule has 0 bridgehead atoms. The summed E-state index contributed by atoms with van der Waals surface area (Å²) in [6.45, 7) is 1.88. The molecular weight excluding hydrogens is 322 g/mol. The molecule has 3 N–H and O–H groups in total. The van der Waals surface area contributed by atoms with Crippen LogP contribution < -0.4 is 5.32 Å². The van der Waals surface area contributed by atoms with Crippen LogP contribution in [-0.2, 0) is 5.75 Å². The molecule has 0 aliphatic rings. The predicted octanol–water partition coefficient (Wildman–Crippen LogP) is 2.97. The number of hydrogen-bond donors (Lipinski definition) is 3. The van der Waals surface area contributed by atoms with E-state index in [0.29, 0.717) is 11.3 Å². The van der Waals surface area contributed by atoms with Crippen molar-refractivity contribution in [3.8, 4) is 0 Å². The van der Waals surface area contributed by atoms with Crippen molar-refractivity contribution in [2.24, 2.45) is 0 Å². The molecule has 1 atom stereocenters. The molecule has 1 heterocycles. The van der Waals surface area contributed by atoms with Crippen molar-refractivity contribution in [3.63, 3.8) is 0 Å². The molecule has 0 saturated carbocycles. The van der Waals surface area contributed by atoms with Gasteiger partial charge in [0.05, 0.1) is 17.1 Å². The van der Waals surface area contributed by atoms with Crippen molar-refractivity contribution in [3.05, 3.63) is 59.7 Å². The summed E-state index contributed by atoms with van der Waals surface area (Å²) in [4.78, 5) is 20.1. The van der Waals surface area contributed by atoms with Crippen LogP contribution in [0.2, 0.25) is 0 Å². The number of rotatable bonds is 6. The van der Waals surface area contributed by atoms with Crippen LogP contribution in [0.1, 0.15) is 22.8 Å². The maximum atomic E-state index is 12.3. The molecule has 24 heavy (non-hydrogen) atoms. The zero-order chi connectivity index (χ0) is 16.9. The van der Waals surface area contributed by atoms with Crippen molar-refractivity contribution < 1.29 is 9.90 Å². The van der Waals surface area contributed by atoms with Gasteiger partial charge in [0.1, 0.15) is 0 Å². The Kier molecular flexibility index (Phi) is 5.17. The van der Waals surface area contributed by atoms with E-state index in [0.717, 1.165) is 21.8 Å². The highest BCUT2D eigenvalue weighted by atomic mass is 32.2. The van der Waals surface area contributed by atoms with E-state index in [4.69, 9.17) is 0 Å². The monoisotopic (exact) mass is 341 g/mol. The first kappa shape index (κ1) is 16.5. The molecule has 0 radical (unpaired) electrons. The van der Waals surface area contributed by atoms with Crippen molar-refractivity contribution >= 4 is 28.7 Å². The number of aromatic amines is 1. The third kappa shape index (κ3) is 3.96. The lowest BCUT2D eigenvalue weighted by Crippen LogP contribution is -2.31. The quantitative estimate of drug-likeness (QED) is 0.602. The minimum absolute atomic E-state index is 0.170. The van der Waals surface area contributed by atoms with Crippen molar-refractivity contribution in [2.45, 2.75) is 23.9 Å². The van der Waals surface area contributed by atoms with E-state index in [1.165, 1.54) is 0 Å². The first-order chi connectivity index (χ1) is 11.6. The number of aliphatic hydroxyl groups is 1. The molecule has 0 aliphatic carbocycles. The number of aromatic nitrogens is 2. The summed E-state index contributed by atoms with van der Waals surface area (Å²) in [7, 11) is 0. The number of H-pyrrole nitrogens is 1. The topological polar surface area (TPSA) is 78.0 Å². The molecule has 1 unspecified atom stereocenters. The second-order valence-electron chi connectivity index (χ2n) is 5.56. The van der Waals surface area contributed by atoms with E-state index in [1.807, 2.05) is 42.5 Å². The third-order valence-electron chi connectivity index (χ3n) is 3.55. The fourth-order valence-corrected chi connectivity index (χ4v) is 3.24. The summed E-state index contributed by atoms with van der Waals surface area (Å²) >= 11 is 1.56. The number of nitrogens with zero attached hydrogens (tertiary/aromatic N) is 1. The molecule has 5 nitrogen and oxygen atoms in total. The highest BCUT2D eigenvalue weighted by Gasteiger charge is 2.12. The number of para-hydroxylation sites is 2. The molecule has 0 aliphatic heterocycles. The Labute approximate surface area is 144 Å². The van der Waals surface area contributed by atoms with Crippen molar-refractivity contribution in [1.29, 1.82) is 0 Å². The molecule has 0 saturated heterocycles. The number of nitrogens with one attached hydrogen (secondary N) is 2. The van der Waals surface area contributed by atoms with Crippen LogP contribution in [0.4, 0.5) is 0 Å². The molecular formula is C18H19N3O2S. The average Bonchev–Trinajstić information content (AvgIpc) is 3.01. The van der Waals surface area contributed by atoms with Crippen LogP contribution in [0.5, 0.6) is 0 Å². The Morgan fingerprint density at radius 3 is 2.79 bits per heavy atom. The average molecular weight is 341 g/mol. The zero-order valence-electron chi connectivity index (χ0n) is 13.3. The maximum Gasteiger partial charge on any atom is 0.251 e. The third-order valence-corrected chi connectivity index (χ3v) is 4.47. The normalized spacial score (nSPS) is 12.2. The van der Waals surface area contributed by atoms with E-state index in [-0.39, 0.29) is 12.5 Å². The molecule has 1 aromatic heterocycles. The SMILES string of the molecule is CC(O)CNC(=O)c1ccccc1CSc1nc2ccccc2[nH]1. The number of aliphatic hydroxyl groups excluding tert-OH is 1. The van der Waals surface area contributed by atoms with Gasteiger partial charge in [0.25, 0.3) is 5.91 Å². The Morgan fingerprint density at radius 2 is 2.00 bits per heavy atom. The summed E-state index contributed by atoms with van der Waals surface area (Å²) in [5.41, 5.74) is 3.50. The number of imidazole rings is 1. The zero-order valence-corrected chi connectivity index (χ0v) is 14.1. The smallest absolute Gasteiger partial charge is 0.251 e. The number of benzene rings is 2. The first-order valence-corrected chi connectivity index (χ1v) is 8.74. The molecule has 0 fully saturated rings. The van der Waals surface area contributed by atoms with Gasteiger partial charge in [-0.3, -0.25) is 4.79 Å². The molecule has 124 valence electrons. The lowest BCUT2D eigenvalue weighted by molar-refractivity contribution is 0.0923. The van der Waals surface area contributed by atoms with Gasteiger partial charge in [0.15, 0.2) is 5.16 Å². The maximum absolute atomic E-state index is 12.3. The van der Waals surface area contributed by atoms with E-state index in [2.05, 4.69) is 15.3 Å². The van der Waals surface area contributed by atoms with Gasteiger partial charge >= 0.3 is 0 Å². The van der Waals surface area contributed by atoms with Crippen LogP contribution in [0.3, 0.4) is 0 Å². The second kappa shape index (κ2) is 7.51. The highest BCUT2D eigenvalue weighted by molar-refractivity contribution is 7.98. The standard InChI is InChI=1S/C18H19N3O2S/c1-12(22)10-19-17(23)14-7-3-2-6-13(14)11-24-18-20-15-8-4-5-9-16(15)21-18/h2-9,12,22H,10-11H2,1H3,(H,19,23)(H,20,21). The Bertz CT molecular complexity index is 812. The number of carbonyl (C=O) groups is 1. The number of carbonyl (C=O) groups excluding carboxylic acids is 1. The lowest BCUT2D eigenvalue weighted by Gasteiger charge is -2.10. The minimum atomic E-state index is -0.564. The molecule has 0 spiro atoms. The Morgan fingerprint density at radius 1 is 1.25 bits per heavy atom. The van der Waals surface area contributed by atoms with Gasteiger partial charge in [-0.05, 0) is 30.7 Å². The van der Waals surface area contributed by atoms with Gasteiger partial charge < -0.3 is 15.4 Å². The van der Waals surface area contributed by atoms with E-state index in [1.54, 1.807) is 24.8 Å². The van der Waals surface area contributed by atoms with Gasteiger partial charge in [-0.15, -0.1) is 0 Å². The Hall–Kier alpha value is -2.31. The van der Waals surface area contributed by atoms with Crippen LogP contribution in [0.25, 0.3) is 11.0 Å². The van der Waals surface area contributed by atoms with E-state index in [9.17, 15) is 9.90 Å². The van der Waals surface area contributed by atoms with Gasteiger partial charge in [-0.25, -0.2) is 4.98 Å². The molecule has 1 amide bonds. The van der Waals surface area contributed by atoms with Crippen LogP contribution >= 0.6 is 11.8 Å². The van der Waals surface area contributed by atoms with Gasteiger partial charge in [-0.2, -0.15) is 0 Å². The molecule has 3 aromatic rings. The largest absolute Gasteiger partial charge is 0.392 e. The summed E-state index contributed by atoms with van der Waals surface area (Å²) in [5, 5.41) is 12.9. The predicted molar refractivity (Wildman–Crippen MR) is 96.1 cm³/mol. The summed E-state index contributed by atoms with van der Waals surface area (Å²) in [5.74, 6) is 0.467. The van der Waals surface area contributed by atoms with Gasteiger partial charge in [-0.1, -0.05) is 42.1 Å². The fraction of sp³-hybridized carbons (Fsp3) is 0.222. The number of hydrogen-bond acceptors (Lipinski definition) is 4. The van der Waals surface area contributed by atoms with Gasteiger partial charge in [0.2, 0.25) is 0 Å². The lowest BCUT2D eigenvalue weighted by atomic mass is 10.1. The van der Waals surface area contributed by atoms with E-state index < -0.39 is 6.10 Å². The summed E-state index contributed by atoms with van der Waals surface area (Å²) < 4.78 is 0. The minimum Gasteiger partial charge on any atom is -0.392 e. The van der Waals surface area contributed by atoms with Crippen molar-refractivity contribution in [2.75, 3.05) is 6.54 Å². The van der Waals surface area contributed by atoms with Gasteiger partial charge in [0, 0.05) is 17.9 Å². The van der Waals surface area contributed by atoms with Crippen LogP contribution in [0.15, 0.2) is 53.7 Å². The second-order valence-corrected chi connectivity index (χ2v) is 6.53. The van der Waals surface area contributed by atoms with Crippen LogP contribution in [-0.4, -0.2) is 33.6 Å². The van der Waals surface area contributed by atoms with E-state index >= 15 is 0 Å². The number of thioether (sulfide) groups is 1. The molecule has 2 aromatic carbocycles. The fourth-order valence-electron chi connectivity index (χ4n) is 2.35. The number of amides is 1. The van der Waals surface area contributed by atoms with Crippen LogP contribution in [0, 0.1) is 0 Å². The van der Waals surface area contributed by atoms with Crippen molar-refractivity contribution in [1.82, 2.24) is 15.3 Å². The first-order valence-electron chi connectivity index (χ1n) is 7.75. The molecule has 6 heteroatoms. The highest BCUT2D eigenvalue weighted by Crippen LogP contribution is 2.24. The number of fused-ring (bicyclic) bond motifs is 1. The molecule has 3 rings (SSSR count). The summed E-state index contributed by atoms with van der Waals surface area (Å²) in [6.07, 6.45) is -0.564. The summed E-state index contributed by atoms with van der Waals surface area (Å²) in [6, 6.07) is 15.4. The Balaban J connectivity index is 1.71.